The van der Waals surface area contributed by atoms with Gasteiger partial charge in [-0.3, -0.25) is 15.4 Å². The zero-order valence-electron chi connectivity index (χ0n) is 10.7. The van der Waals surface area contributed by atoms with Crippen molar-refractivity contribution in [3.05, 3.63) is 11.9 Å². The lowest BCUT2D eigenvalue weighted by atomic mass is 10.0. The molecule has 0 saturated carbocycles. The van der Waals surface area contributed by atoms with Crippen LogP contribution in [-0.2, 0) is 7.05 Å². The van der Waals surface area contributed by atoms with E-state index in [2.05, 4.69) is 39.6 Å². The van der Waals surface area contributed by atoms with Crippen molar-refractivity contribution in [1.82, 2.24) is 30.2 Å². The van der Waals surface area contributed by atoms with E-state index in [0.29, 0.717) is 6.04 Å². The average Bonchev–Trinajstić information content (AvgIpc) is 2.71. The normalized spacial score (nSPS) is 25.1. The van der Waals surface area contributed by atoms with Gasteiger partial charge in [-0.1, -0.05) is 5.21 Å². The highest BCUT2D eigenvalue weighted by Crippen LogP contribution is 2.21. The van der Waals surface area contributed by atoms with E-state index in [1.165, 1.54) is 0 Å². The van der Waals surface area contributed by atoms with Crippen LogP contribution in [0.3, 0.4) is 0 Å². The van der Waals surface area contributed by atoms with E-state index in [4.69, 9.17) is 5.84 Å². The van der Waals surface area contributed by atoms with E-state index in [1.807, 2.05) is 7.05 Å². The molecule has 2 atom stereocenters. The minimum absolute atomic E-state index is 0.0442. The summed E-state index contributed by atoms with van der Waals surface area (Å²) in [5, 5.41) is 7.88. The number of aromatic nitrogens is 3. The largest absolute Gasteiger partial charge is 0.303 e. The van der Waals surface area contributed by atoms with Crippen LogP contribution < -0.4 is 11.3 Å². The molecule has 0 amide bonds. The van der Waals surface area contributed by atoms with E-state index >= 15 is 0 Å². The van der Waals surface area contributed by atoms with E-state index in [0.717, 1.165) is 25.3 Å². The van der Waals surface area contributed by atoms with Gasteiger partial charge in [-0.2, -0.15) is 0 Å². The molecule has 2 heterocycles. The number of hydrazine groups is 1. The van der Waals surface area contributed by atoms with Crippen molar-refractivity contribution >= 4 is 0 Å². The molecule has 7 heteroatoms. The topological polar surface area (TPSA) is 75.2 Å². The Bertz CT molecular complexity index is 363. The Hall–Kier alpha value is -1.02. The number of nitrogens with two attached hydrogens (primary N) is 1. The van der Waals surface area contributed by atoms with E-state index in [9.17, 15) is 0 Å². The first-order chi connectivity index (χ1) is 8.13. The van der Waals surface area contributed by atoms with Crippen LogP contribution in [0.2, 0.25) is 0 Å². The van der Waals surface area contributed by atoms with E-state index in [-0.39, 0.29) is 6.04 Å². The van der Waals surface area contributed by atoms with Crippen LogP contribution >= 0.6 is 0 Å². The lowest BCUT2D eigenvalue weighted by Gasteiger charge is -2.41. The van der Waals surface area contributed by atoms with Crippen molar-refractivity contribution in [2.45, 2.75) is 12.1 Å². The molecule has 1 aliphatic heterocycles. The van der Waals surface area contributed by atoms with Crippen LogP contribution in [0, 0.1) is 0 Å². The highest BCUT2D eigenvalue weighted by molar-refractivity contribution is 5.07. The predicted molar refractivity (Wildman–Crippen MR) is 65.0 cm³/mol. The van der Waals surface area contributed by atoms with Crippen LogP contribution in [0.1, 0.15) is 11.7 Å². The third kappa shape index (κ3) is 2.47. The van der Waals surface area contributed by atoms with Gasteiger partial charge in [0.05, 0.1) is 17.9 Å². The molecular weight excluding hydrogens is 218 g/mol. The minimum Gasteiger partial charge on any atom is -0.303 e. The molecule has 2 unspecified atom stereocenters. The molecule has 0 spiro atoms. The second kappa shape index (κ2) is 5.09. The Balaban J connectivity index is 2.20. The summed E-state index contributed by atoms with van der Waals surface area (Å²) in [7, 11) is 6.15. The summed E-state index contributed by atoms with van der Waals surface area (Å²) in [6.07, 6.45) is 1.77. The van der Waals surface area contributed by atoms with E-state index in [1.54, 1.807) is 10.9 Å². The highest BCUT2D eigenvalue weighted by Gasteiger charge is 2.31. The molecule has 96 valence electrons. The number of nitrogens with one attached hydrogen (secondary N) is 1. The van der Waals surface area contributed by atoms with Crippen LogP contribution in [-0.4, -0.2) is 64.6 Å². The molecule has 1 aliphatic rings. The summed E-state index contributed by atoms with van der Waals surface area (Å²) >= 11 is 0. The number of piperazine rings is 1. The zero-order valence-corrected chi connectivity index (χ0v) is 10.7. The third-order valence-corrected chi connectivity index (χ3v) is 3.53. The molecule has 17 heavy (non-hydrogen) atoms. The van der Waals surface area contributed by atoms with Crippen molar-refractivity contribution in [1.29, 1.82) is 0 Å². The van der Waals surface area contributed by atoms with Gasteiger partial charge in [0.25, 0.3) is 0 Å². The van der Waals surface area contributed by atoms with Gasteiger partial charge in [0.1, 0.15) is 0 Å². The summed E-state index contributed by atoms with van der Waals surface area (Å²) < 4.78 is 1.77. The summed E-state index contributed by atoms with van der Waals surface area (Å²) in [6, 6.07) is 0.374. The standard InChI is InChI=1S/C10H21N7/c1-15-4-5-16(2)9(7-15)10(13-11)8-6-12-14-17(8)3/h6,9-10,13H,4-5,7,11H2,1-3H3. The molecule has 1 saturated heterocycles. The van der Waals surface area contributed by atoms with Crippen molar-refractivity contribution < 1.29 is 0 Å². The van der Waals surface area contributed by atoms with Gasteiger partial charge in [-0.15, -0.1) is 5.10 Å². The lowest BCUT2D eigenvalue weighted by Crippen LogP contribution is -2.56. The predicted octanol–water partition coefficient (Wildman–Crippen LogP) is -1.43. The molecule has 1 aromatic heterocycles. The molecule has 1 fully saturated rings. The second-order valence-corrected chi connectivity index (χ2v) is 4.74. The van der Waals surface area contributed by atoms with Crippen LogP contribution in [0.15, 0.2) is 6.20 Å². The SMILES string of the molecule is CN1CCN(C)C(C(NN)c2cnnn2C)C1. The molecule has 0 bridgehead atoms. The second-order valence-electron chi connectivity index (χ2n) is 4.74. The summed E-state index contributed by atoms with van der Waals surface area (Å²) in [5.41, 5.74) is 3.91. The molecule has 0 aromatic carbocycles. The number of aryl methyl sites for hydroxylation is 1. The highest BCUT2D eigenvalue weighted by atomic mass is 15.4. The summed E-state index contributed by atoms with van der Waals surface area (Å²) in [6.45, 7) is 3.12. The molecule has 3 N–H and O–H groups in total. The van der Waals surface area contributed by atoms with Crippen LogP contribution in [0.5, 0.6) is 0 Å². The number of nitrogens with zero attached hydrogens (tertiary/aromatic N) is 5. The van der Waals surface area contributed by atoms with Crippen molar-refractivity contribution in [3.63, 3.8) is 0 Å². The van der Waals surface area contributed by atoms with Gasteiger partial charge in [-0.25, -0.2) is 5.43 Å². The van der Waals surface area contributed by atoms with Gasteiger partial charge in [0.15, 0.2) is 0 Å². The summed E-state index contributed by atoms with van der Waals surface area (Å²) in [5.74, 6) is 5.71. The van der Waals surface area contributed by atoms with Crippen molar-refractivity contribution in [3.8, 4) is 0 Å². The number of likely N-dealkylation sites (N-methyl/N-ethyl adjacent to an activating group) is 2. The maximum Gasteiger partial charge on any atom is 0.0812 e. The maximum absolute atomic E-state index is 5.71. The summed E-state index contributed by atoms with van der Waals surface area (Å²) in [4.78, 5) is 4.65. The Morgan fingerprint density at radius 3 is 2.76 bits per heavy atom. The van der Waals surface area contributed by atoms with Crippen molar-refractivity contribution in [2.75, 3.05) is 33.7 Å². The number of hydrogen-bond acceptors (Lipinski definition) is 6. The molecule has 7 nitrogen and oxygen atoms in total. The molecule has 1 aromatic rings. The van der Waals surface area contributed by atoms with Crippen LogP contribution in [0.25, 0.3) is 0 Å². The fourth-order valence-electron chi connectivity index (χ4n) is 2.38. The first-order valence-electron chi connectivity index (χ1n) is 5.83. The Morgan fingerprint density at radius 1 is 1.41 bits per heavy atom. The molecule has 2 rings (SSSR count). The van der Waals surface area contributed by atoms with Gasteiger partial charge >= 0.3 is 0 Å². The van der Waals surface area contributed by atoms with Gasteiger partial charge < -0.3 is 4.90 Å². The Labute approximate surface area is 102 Å². The molecule has 0 radical (unpaired) electrons. The minimum atomic E-state index is 0.0442. The van der Waals surface area contributed by atoms with Gasteiger partial charge in [0.2, 0.25) is 0 Å². The van der Waals surface area contributed by atoms with Gasteiger partial charge in [0, 0.05) is 32.7 Å². The van der Waals surface area contributed by atoms with Crippen molar-refractivity contribution in [2.24, 2.45) is 12.9 Å². The third-order valence-electron chi connectivity index (χ3n) is 3.53. The first-order valence-corrected chi connectivity index (χ1v) is 5.83. The molecule has 0 aliphatic carbocycles. The smallest absolute Gasteiger partial charge is 0.0812 e. The average molecular weight is 239 g/mol. The lowest BCUT2D eigenvalue weighted by molar-refractivity contribution is 0.0855. The van der Waals surface area contributed by atoms with Crippen LogP contribution in [0.4, 0.5) is 0 Å². The van der Waals surface area contributed by atoms with E-state index < -0.39 is 0 Å². The Kier molecular flexibility index (Phi) is 3.72. The monoisotopic (exact) mass is 239 g/mol. The maximum atomic E-state index is 5.71. The fourth-order valence-corrected chi connectivity index (χ4v) is 2.38. The zero-order chi connectivity index (χ0) is 12.4. The number of hydrogen-bond donors (Lipinski definition) is 2. The number of rotatable bonds is 3. The first kappa shape index (κ1) is 12.4. The Morgan fingerprint density at radius 2 is 2.18 bits per heavy atom. The fraction of sp³-hybridized carbons (Fsp3) is 0.800. The molecular formula is C10H21N7. The van der Waals surface area contributed by atoms with Gasteiger partial charge in [-0.05, 0) is 14.1 Å². The quantitative estimate of drug-likeness (QED) is 0.497.